The molecule has 6 aromatic rings. The molecule has 2 fully saturated rings. The van der Waals surface area contributed by atoms with Crippen LogP contribution in [0.25, 0.3) is 10.9 Å². The number of aromatic amines is 1. The number of para-hydroxylation sites is 3. The lowest BCUT2D eigenvalue weighted by Gasteiger charge is -2.42. The van der Waals surface area contributed by atoms with Gasteiger partial charge in [0.15, 0.2) is 0 Å². The average Bonchev–Trinajstić information content (AvgIpc) is 3.62. The van der Waals surface area contributed by atoms with Gasteiger partial charge in [-0.25, -0.2) is 4.79 Å². The molecule has 0 radical (unpaired) electrons. The molecule has 2 saturated heterocycles. The number of carbonyl (C=O) groups is 1. The molecule has 4 aromatic carbocycles. The standard InChI is InChI=1S/C43H45N9O2/c1-30-17-19-31(20-18-30)39-38-35(34-15-9-10-16-36(34)44-38)29-37(40(53)54-2)52(39)43-46-41(50-25-21-48(22-26-50)32-11-5-3-6-12-32)45-42(47-43)51-27-23-49(24-28-51)33-13-7-4-8-14-33/h3-20,37,39,44H,21-29H2,1-2H3/t37-,39-/m0/s1. The van der Waals surface area contributed by atoms with Crippen molar-refractivity contribution in [1.82, 2.24) is 19.9 Å². The Balaban J connectivity index is 1.14. The van der Waals surface area contributed by atoms with Gasteiger partial charge < -0.3 is 34.2 Å². The van der Waals surface area contributed by atoms with Gasteiger partial charge in [0.2, 0.25) is 17.8 Å². The van der Waals surface area contributed by atoms with Gasteiger partial charge in [0, 0.05) is 86.8 Å². The zero-order chi connectivity index (χ0) is 36.6. The summed E-state index contributed by atoms with van der Waals surface area (Å²) in [5.74, 6) is 1.40. The highest BCUT2D eigenvalue weighted by Gasteiger charge is 2.44. The molecule has 0 amide bonds. The van der Waals surface area contributed by atoms with Gasteiger partial charge in [-0.3, -0.25) is 0 Å². The number of ether oxygens (including phenoxy) is 1. The Morgan fingerprint density at radius 2 is 1.13 bits per heavy atom. The summed E-state index contributed by atoms with van der Waals surface area (Å²) < 4.78 is 5.56. The van der Waals surface area contributed by atoms with Crippen LogP contribution in [0.3, 0.4) is 0 Å². The van der Waals surface area contributed by atoms with Gasteiger partial charge in [0.1, 0.15) is 6.04 Å². The quantitative estimate of drug-likeness (QED) is 0.198. The van der Waals surface area contributed by atoms with Crippen LogP contribution in [0.4, 0.5) is 29.2 Å². The summed E-state index contributed by atoms with van der Waals surface area (Å²) in [7, 11) is 1.47. The topological polar surface area (TPSA) is 97.0 Å². The van der Waals surface area contributed by atoms with Crippen LogP contribution in [-0.2, 0) is 16.0 Å². The highest BCUT2D eigenvalue weighted by molar-refractivity contribution is 5.89. The molecule has 3 aliphatic heterocycles. The van der Waals surface area contributed by atoms with E-state index in [1.807, 2.05) is 6.07 Å². The van der Waals surface area contributed by atoms with Crippen molar-refractivity contribution in [2.45, 2.75) is 25.4 Å². The van der Waals surface area contributed by atoms with Gasteiger partial charge in [0.25, 0.3) is 0 Å². The van der Waals surface area contributed by atoms with E-state index in [0.29, 0.717) is 24.3 Å². The number of H-pyrrole nitrogens is 1. The summed E-state index contributed by atoms with van der Waals surface area (Å²) in [6.45, 7) is 8.49. The zero-order valence-electron chi connectivity index (χ0n) is 30.8. The maximum absolute atomic E-state index is 14.0. The van der Waals surface area contributed by atoms with Gasteiger partial charge >= 0.3 is 5.97 Å². The monoisotopic (exact) mass is 719 g/mol. The number of aromatic nitrogens is 4. The molecule has 0 unspecified atom stereocenters. The summed E-state index contributed by atoms with van der Waals surface area (Å²) in [6, 6.07) is 36.9. The van der Waals surface area contributed by atoms with Gasteiger partial charge in [0.05, 0.1) is 13.2 Å². The number of hydrogen-bond acceptors (Lipinski definition) is 10. The highest BCUT2D eigenvalue weighted by Crippen LogP contribution is 2.43. The molecule has 5 heterocycles. The van der Waals surface area contributed by atoms with Gasteiger partial charge in [-0.2, -0.15) is 15.0 Å². The Hall–Kier alpha value is -6.10. The minimum atomic E-state index is -0.666. The summed E-state index contributed by atoms with van der Waals surface area (Å²) in [4.78, 5) is 44.9. The van der Waals surface area contributed by atoms with Crippen LogP contribution >= 0.6 is 0 Å². The number of hydrogen-bond donors (Lipinski definition) is 1. The molecule has 1 N–H and O–H groups in total. The van der Waals surface area contributed by atoms with Crippen LogP contribution < -0.4 is 24.5 Å². The van der Waals surface area contributed by atoms with E-state index >= 15 is 0 Å². The average molecular weight is 720 g/mol. The van der Waals surface area contributed by atoms with Crippen molar-refractivity contribution in [2.75, 3.05) is 84.0 Å². The van der Waals surface area contributed by atoms with Crippen molar-refractivity contribution >= 4 is 46.1 Å². The number of aryl methyl sites for hydroxylation is 1. The Labute approximate surface area is 315 Å². The number of nitrogens with zero attached hydrogens (tertiary/aromatic N) is 8. The van der Waals surface area contributed by atoms with E-state index in [9.17, 15) is 4.79 Å². The number of methoxy groups -OCH3 is 1. The fourth-order valence-corrected chi connectivity index (χ4v) is 8.30. The number of benzene rings is 4. The first-order valence-electron chi connectivity index (χ1n) is 18.9. The molecule has 54 heavy (non-hydrogen) atoms. The molecule has 0 bridgehead atoms. The van der Waals surface area contributed by atoms with E-state index < -0.39 is 6.04 Å². The molecule has 2 aromatic heterocycles. The highest BCUT2D eigenvalue weighted by atomic mass is 16.5. The number of fused-ring (bicyclic) bond motifs is 3. The first-order valence-corrected chi connectivity index (χ1v) is 18.9. The van der Waals surface area contributed by atoms with Crippen molar-refractivity contribution < 1.29 is 9.53 Å². The number of anilines is 5. The van der Waals surface area contributed by atoms with Gasteiger partial charge in [-0.05, 0) is 48.4 Å². The Morgan fingerprint density at radius 1 is 0.630 bits per heavy atom. The molecule has 0 aliphatic carbocycles. The second-order valence-electron chi connectivity index (χ2n) is 14.4. The maximum Gasteiger partial charge on any atom is 0.328 e. The van der Waals surface area contributed by atoms with Crippen molar-refractivity contribution in [3.63, 3.8) is 0 Å². The predicted octanol–water partition coefficient (Wildman–Crippen LogP) is 6.01. The zero-order valence-corrected chi connectivity index (χ0v) is 30.8. The molecule has 9 rings (SSSR count). The van der Waals surface area contributed by atoms with Crippen molar-refractivity contribution in [2.24, 2.45) is 0 Å². The molecule has 274 valence electrons. The van der Waals surface area contributed by atoms with Crippen LogP contribution in [0.1, 0.15) is 28.4 Å². The molecule has 0 spiro atoms. The second kappa shape index (κ2) is 14.4. The number of rotatable bonds is 7. The third-order valence-corrected chi connectivity index (χ3v) is 11.2. The summed E-state index contributed by atoms with van der Waals surface area (Å²) in [5.41, 5.74) is 7.83. The normalized spacial score (nSPS) is 18.9. The first kappa shape index (κ1) is 33.7. The van der Waals surface area contributed by atoms with Crippen LogP contribution in [-0.4, -0.2) is 91.4 Å². The predicted molar refractivity (Wildman–Crippen MR) is 215 cm³/mol. The smallest absolute Gasteiger partial charge is 0.328 e. The Kier molecular flexibility index (Phi) is 8.98. The largest absolute Gasteiger partial charge is 0.467 e. The van der Waals surface area contributed by atoms with E-state index in [4.69, 9.17) is 19.7 Å². The summed E-state index contributed by atoms with van der Waals surface area (Å²) in [6.07, 6.45) is 0.455. The van der Waals surface area contributed by atoms with E-state index in [1.54, 1.807) is 0 Å². The third-order valence-electron chi connectivity index (χ3n) is 11.2. The minimum Gasteiger partial charge on any atom is -0.467 e. The van der Waals surface area contributed by atoms with Crippen LogP contribution in [0.15, 0.2) is 109 Å². The molecule has 3 aliphatic rings. The fraction of sp³-hybridized carbons (Fsp3) is 0.302. The summed E-state index contributed by atoms with van der Waals surface area (Å²) >= 11 is 0. The van der Waals surface area contributed by atoms with E-state index in [1.165, 1.54) is 18.5 Å². The Bertz CT molecular complexity index is 2150. The van der Waals surface area contributed by atoms with Gasteiger partial charge in [-0.15, -0.1) is 0 Å². The van der Waals surface area contributed by atoms with E-state index in [-0.39, 0.29) is 12.0 Å². The molecular formula is C43H45N9O2. The molecular weight excluding hydrogens is 675 g/mol. The van der Waals surface area contributed by atoms with E-state index in [0.717, 1.165) is 85.6 Å². The lowest BCUT2D eigenvalue weighted by Crippen LogP contribution is -2.51. The summed E-state index contributed by atoms with van der Waals surface area (Å²) in [5, 5.41) is 1.11. The second-order valence-corrected chi connectivity index (χ2v) is 14.4. The molecule has 11 nitrogen and oxygen atoms in total. The molecule has 11 heteroatoms. The molecule has 0 saturated carbocycles. The van der Waals surface area contributed by atoms with E-state index in [2.05, 4.69) is 140 Å². The third kappa shape index (κ3) is 6.33. The number of nitrogens with one attached hydrogen (secondary N) is 1. The lowest BCUT2D eigenvalue weighted by atomic mass is 9.88. The SMILES string of the molecule is COC(=O)[C@@H]1Cc2c([nH]c3ccccc23)[C@H](c2ccc(C)cc2)N1c1nc(N2CCN(c3ccccc3)CC2)nc(N2CCN(c3ccccc3)CC2)n1. The van der Waals surface area contributed by atoms with Crippen molar-refractivity contribution in [3.8, 4) is 0 Å². The lowest BCUT2D eigenvalue weighted by molar-refractivity contribution is -0.142. The maximum atomic E-state index is 14.0. The first-order chi connectivity index (χ1) is 26.5. The van der Waals surface area contributed by atoms with Gasteiger partial charge in [-0.1, -0.05) is 84.4 Å². The number of esters is 1. The number of piperazine rings is 2. The Morgan fingerprint density at radius 3 is 1.69 bits per heavy atom. The fourth-order valence-electron chi connectivity index (χ4n) is 8.30. The minimum absolute atomic E-state index is 0.320. The van der Waals surface area contributed by atoms with Crippen LogP contribution in [0.5, 0.6) is 0 Å². The van der Waals surface area contributed by atoms with Crippen molar-refractivity contribution in [3.05, 3.63) is 132 Å². The number of carbonyl (C=O) groups excluding carboxylic acids is 1. The molecule has 2 atom stereocenters. The van der Waals surface area contributed by atoms with Crippen molar-refractivity contribution in [1.29, 1.82) is 0 Å². The van der Waals surface area contributed by atoms with Crippen LogP contribution in [0.2, 0.25) is 0 Å². The van der Waals surface area contributed by atoms with Crippen LogP contribution in [0, 0.1) is 6.92 Å².